The van der Waals surface area contributed by atoms with Gasteiger partial charge in [0.25, 0.3) is 6.23 Å². The van der Waals surface area contributed by atoms with E-state index in [9.17, 15) is 24.4 Å². The number of aliphatic hydroxyl groups excluding tert-OH is 2. The Labute approximate surface area is 238 Å². The fourth-order valence-corrected chi connectivity index (χ4v) is 5.62. The number of aromatic nitrogens is 1. The van der Waals surface area contributed by atoms with Crippen LogP contribution in [0.2, 0.25) is 0 Å². The summed E-state index contributed by atoms with van der Waals surface area (Å²) in [5.41, 5.74) is 2.13. The third kappa shape index (κ3) is 8.07. The van der Waals surface area contributed by atoms with Crippen LogP contribution in [0.5, 0.6) is 5.75 Å². The topological polar surface area (TPSA) is 144 Å². The number of carbonyl (C=O) groups excluding carboxylic acids is 2. The van der Waals surface area contributed by atoms with E-state index in [1.165, 1.54) is 24.6 Å². The number of ketones is 1. The molecule has 1 fully saturated rings. The van der Waals surface area contributed by atoms with Gasteiger partial charge >= 0.3 is 13.7 Å². The molecule has 0 aliphatic carbocycles. The van der Waals surface area contributed by atoms with Crippen LogP contribution in [0, 0.1) is 6.92 Å². The van der Waals surface area contributed by atoms with Crippen molar-refractivity contribution in [2.75, 3.05) is 6.61 Å². The Hall–Kier alpha value is -3.44. The first-order valence-corrected chi connectivity index (χ1v) is 14.6. The zero-order chi connectivity index (χ0) is 29.6. The Bertz CT molecular complexity index is 1390. The van der Waals surface area contributed by atoms with Crippen LogP contribution in [0.3, 0.4) is 0 Å². The molecule has 0 bridgehead atoms. The molecule has 4 rings (SSSR count). The van der Waals surface area contributed by atoms with Crippen LogP contribution in [0.15, 0.2) is 79.1 Å². The zero-order valence-corrected chi connectivity index (χ0v) is 23.8. The van der Waals surface area contributed by atoms with Gasteiger partial charge in [0.2, 0.25) is 0 Å². The minimum Gasteiger partial charge on any atom is -0.460 e. The highest BCUT2D eigenvalue weighted by Crippen LogP contribution is 2.46. The highest BCUT2D eigenvalue weighted by molar-refractivity contribution is 7.52. The van der Waals surface area contributed by atoms with Crippen molar-refractivity contribution in [2.45, 2.75) is 58.0 Å². The van der Waals surface area contributed by atoms with E-state index in [0.29, 0.717) is 5.56 Å². The van der Waals surface area contributed by atoms with Gasteiger partial charge in [0, 0.05) is 6.07 Å². The molecule has 0 spiro atoms. The maximum Gasteiger partial charge on any atom is 0.459 e. The van der Waals surface area contributed by atoms with Gasteiger partial charge < -0.3 is 24.2 Å². The highest BCUT2D eigenvalue weighted by Gasteiger charge is 2.49. The number of ether oxygens (including phenoxy) is 2. The number of Topliss-reactive ketones (excluding diaryl/α,β-unsaturated/α-hetero) is 1. The summed E-state index contributed by atoms with van der Waals surface area (Å²) in [6.45, 7) is 4.33. The number of aryl methyl sites for hydroxylation is 1. The van der Waals surface area contributed by atoms with E-state index in [1.54, 1.807) is 42.6 Å². The van der Waals surface area contributed by atoms with Gasteiger partial charge in [-0.15, -0.1) is 0 Å². The van der Waals surface area contributed by atoms with E-state index in [2.05, 4.69) is 5.09 Å². The molecule has 2 aromatic carbocycles. The van der Waals surface area contributed by atoms with Crippen molar-refractivity contribution >= 4 is 19.5 Å². The predicted octanol–water partition coefficient (Wildman–Crippen LogP) is 3.03. The van der Waals surface area contributed by atoms with Crippen molar-refractivity contribution in [3.8, 4) is 5.75 Å². The minimum atomic E-state index is -4.25. The van der Waals surface area contributed by atoms with Gasteiger partial charge in [0.1, 0.15) is 30.6 Å². The molecule has 3 N–H and O–H groups in total. The molecule has 218 valence electrons. The van der Waals surface area contributed by atoms with Crippen LogP contribution in [0.25, 0.3) is 0 Å². The lowest BCUT2D eigenvalue weighted by Crippen LogP contribution is -2.46. The van der Waals surface area contributed by atoms with Crippen LogP contribution in [0.1, 0.15) is 41.6 Å². The summed E-state index contributed by atoms with van der Waals surface area (Å²) >= 11 is 0. The largest absolute Gasteiger partial charge is 0.460 e. The Morgan fingerprint density at radius 1 is 1.05 bits per heavy atom. The van der Waals surface area contributed by atoms with Crippen LogP contribution >= 0.6 is 7.75 Å². The molecule has 11 nitrogen and oxygen atoms in total. The van der Waals surface area contributed by atoms with Gasteiger partial charge in [-0.3, -0.25) is 14.1 Å². The molecule has 0 amide bonds. The van der Waals surface area contributed by atoms with E-state index in [1.807, 2.05) is 37.3 Å². The summed E-state index contributed by atoms with van der Waals surface area (Å²) in [7, 11) is -4.25. The molecule has 41 heavy (non-hydrogen) atoms. The highest BCUT2D eigenvalue weighted by atomic mass is 31.2. The van der Waals surface area contributed by atoms with Crippen LogP contribution in [-0.2, 0) is 30.0 Å². The third-order valence-corrected chi connectivity index (χ3v) is 8.09. The second-order valence-electron chi connectivity index (χ2n) is 9.78. The summed E-state index contributed by atoms with van der Waals surface area (Å²) in [6, 6.07) is 18.0. The summed E-state index contributed by atoms with van der Waals surface area (Å²) in [4.78, 5) is 24.5. The van der Waals surface area contributed by atoms with Gasteiger partial charge in [0.05, 0.1) is 12.2 Å². The van der Waals surface area contributed by atoms with Gasteiger partial charge in [-0.25, -0.2) is 4.57 Å². The van der Waals surface area contributed by atoms with Crippen molar-refractivity contribution in [3.05, 3.63) is 95.8 Å². The molecule has 0 radical (unpaired) electrons. The predicted molar refractivity (Wildman–Crippen MR) is 147 cm³/mol. The lowest BCUT2D eigenvalue weighted by Gasteiger charge is -2.24. The molecular formula is C29H34N2O9P+. The average molecular weight is 586 g/mol. The van der Waals surface area contributed by atoms with E-state index in [4.69, 9.17) is 18.5 Å². The van der Waals surface area contributed by atoms with E-state index in [0.717, 1.165) is 11.1 Å². The Kier molecular flexibility index (Phi) is 10.0. The van der Waals surface area contributed by atoms with E-state index >= 15 is 0 Å². The monoisotopic (exact) mass is 585 g/mol. The summed E-state index contributed by atoms with van der Waals surface area (Å²) in [5.74, 6) is -0.637. The van der Waals surface area contributed by atoms with E-state index in [-0.39, 0.29) is 18.1 Å². The molecule has 3 aromatic rings. The zero-order valence-electron chi connectivity index (χ0n) is 23.0. The van der Waals surface area contributed by atoms with Crippen molar-refractivity contribution in [2.24, 2.45) is 0 Å². The number of nitrogens with one attached hydrogen (secondary N) is 1. The molecule has 2 unspecified atom stereocenters. The Morgan fingerprint density at radius 2 is 1.76 bits per heavy atom. The molecule has 1 aromatic heterocycles. The lowest BCUT2D eigenvalue weighted by molar-refractivity contribution is -0.765. The number of esters is 1. The van der Waals surface area contributed by atoms with Crippen molar-refractivity contribution in [3.63, 3.8) is 0 Å². The summed E-state index contributed by atoms with van der Waals surface area (Å²) < 4.78 is 37.9. The normalized spacial score (nSPS) is 22.5. The Balaban J connectivity index is 1.45. The second kappa shape index (κ2) is 13.5. The molecule has 12 heteroatoms. The van der Waals surface area contributed by atoms with Crippen LogP contribution < -0.4 is 14.2 Å². The van der Waals surface area contributed by atoms with E-state index < -0.39 is 50.9 Å². The Morgan fingerprint density at radius 3 is 2.44 bits per heavy atom. The number of carbonyl (C=O) groups is 2. The smallest absolute Gasteiger partial charge is 0.459 e. The molecule has 6 atom stereocenters. The van der Waals surface area contributed by atoms with Gasteiger partial charge in [-0.1, -0.05) is 48.0 Å². The first kappa shape index (κ1) is 30.5. The number of rotatable bonds is 12. The summed E-state index contributed by atoms with van der Waals surface area (Å²) in [5, 5.41) is 23.9. The van der Waals surface area contributed by atoms with Crippen molar-refractivity contribution < 1.29 is 47.5 Å². The minimum absolute atomic E-state index is 0.0273. The number of benzene rings is 2. The first-order chi connectivity index (χ1) is 19.5. The summed E-state index contributed by atoms with van der Waals surface area (Å²) in [6.07, 6.45) is -1.83. The lowest BCUT2D eigenvalue weighted by atomic mass is 10.1. The fourth-order valence-electron chi connectivity index (χ4n) is 4.12. The molecule has 0 saturated carbocycles. The maximum absolute atomic E-state index is 13.9. The maximum atomic E-state index is 13.9. The van der Waals surface area contributed by atoms with Crippen LogP contribution in [-0.4, -0.2) is 52.9 Å². The molecule has 1 saturated heterocycles. The van der Waals surface area contributed by atoms with Crippen molar-refractivity contribution in [1.29, 1.82) is 0 Å². The SMILES string of the molecule is CC(=O)c1ccc[n+]([C@@H]2O[C@H](COP(=O)(N[C@@H](C)C(=O)OCc3ccccc3)Oc3ccc(C)cc3)[C@H](O)C2O)c1. The number of hydrogen-bond acceptors (Lipinski definition) is 9. The number of hydrogen-bond donors (Lipinski definition) is 3. The molecular weight excluding hydrogens is 551 g/mol. The standard InChI is InChI=1S/C29H34N2O9P/c1-19-11-13-24(14-12-19)40-41(36,30-20(2)29(35)37-17-22-8-5-4-6-9-22)38-18-25-26(33)27(34)28(39-25)31-15-7-10-23(16-31)21(3)32/h4-16,20,25-28,33-34H,17-18H2,1-3H3,(H,30,36)/q+1/t20-,25+,26-,27?,28+,41?/m0/s1. The molecule has 1 aliphatic heterocycles. The second-order valence-corrected chi connectivity index (χ2v) is 11.5. The first-order valence-electron chi connectivity index (χ1n) is 13.1. The van der Waals surface area contributed by atoms with Crippen LogP contribution in [0.4, 0.5) is 0 Å². The van der Waals surface area contributed by atoms with Crippen molar-refractivity contribution in [1.82, 2.24) is 5.09 Å². The molecule has 1 aliphatic rings. The third-order valence-electron chi connectivity index (χ3n) is 6.44. The number of nitrogens with zero attached hydrogens (tertiary/aromatic N) is 1. The van der Waals surface area contributed by atoms with Gasteiger partial charge in [0.15, 0.2) is 24.3 Å². The quantitative estimate of drug-likeness (QED) is 0.126. The fraction of sp³-hybridized carbons (Fsp3) is 0.345. The molecule has 2 heterocycles. The number of aliphatic hydroxyl groups is 2. The average Bonchev–Trinajstić information content (AvgIpc) is 3.25. The number of pyridine rings is 1. The van der Waals surface area contributed by atoms with Gasteiger partial charge in [-0.2, -0.15) is 9.65 Å². The van der Waals surface area contributed by atoms with Gasteiger partial charge in [-0.05, 0) is 44.5 Å².